The fourth-order valence-corrected chi connectivity index (χ4v) is 1.85. The van der Waals surface area contributed by atoms with Crippen molar-refractivity contribution in [3.63, 3.8) is 0 Å². The molecule has 0 fully saturated rings. The van der Waals surface area contributed by atoms with E-state index in [1.54, 1.807) is 11.3 Å². The lowest BCUT2D eigenvalue weighted by Crippen LogP contribution is -2.30. The number of nitriles is 1. The Morgan fingerprint density at radius 2 is 2.07 bits per heavy atom. The Morgan fingerprint density at radius 3 is 2.64 bits per heavy atom. The van der Waals surface area contributed by atoms with Crippen LogP contribution in [0.4, 0.5) is 0 Å². The number of hydrogen-bond donors (Lipinski definition) is 0. The molecule has 0 bridgehead atoms. The van der Waals surface area contributed by atoms with E-state index in [0.29, 0.717) is 5.56 Å². The fraction of sp³-hybridized carbons (Fsp3) is 0.0909. The van der Waals surface area contributed by atoms with Gasteiger partial charge in [-0.1, -0.05) is 23.5 Å². The van der Waals surface area contributed by atoms with Gasteiger partial charge in [-0.05, 0) is 12.1 Å². The van der Waals surface area contributed by atoms with Crippen molar-refractivity contribution in [1.82, 2.24) is 0 Å². The van der Waals surface area contributed by atoms with Gasteiger partial charge in [-0.25, -0.2) is 0 Å². The number of aromatic nitrogens is 1. The van der Waals surface area contributed by atoms with Crippen LogP contribution in [0.5, 0.6) is 0 Å². The molecular weight excluding hydrogens is 192 g/mol. The number of benzene rings is 1. The lowest BCUT2D eigenvalue weighted by Gasteiger charge is -1.94. The summed E-state index contributed by atoms with van der Waals surface area (Å²) in [5.41, 5.74) is 3.99. The van der Waals surface area contributed by atoms with Gasteiger partial charge in [0, 0.05) is 5.56 Å². The number of hydrogen-bond acceptors (Lipinski definition) is 2. The van der Waals surface area contributed by atoms with Crippen LogP contribution in [0.1, 0.15) is 11.1 Å². The lowest BCUT2D eigenvalue weighted by atomic mass is 10.1. The van der Waals surface area contributed by atoms with E-state index in [2.05, 4.69) is 16.1 Å². The van der Waals surface area contributed by atoms with Crippen LogP contribution in [0.3, 0.4) is 0 Å². The van der Waals surface area contributed by atoms with Crippen LogP contribution < -0.4 is 4.57 Å². The van der Waals surface area contributed by atoms with Crippen molar-refractivity contribution in [2.75, 3.05) is 0 Å². The third-order valence-electron chi connectivity index (χ3n) is 1.98. The third kappa shape index (κ3) is 1.98. The third-order valence-corrected chi connectivity index (χ3v) is 2.65. The molecule has 2 aromatic rings. The molecule has 0 atom stereocenters. The minimum atomic E-state index is 0.712. The largest absolute Gasteiger partial charge is 0.224 e. The first-order chi connectivity index (χ1) is 6.88. The Labute approximate surface area is 86.7 Å². The monoisotopic (exact) mass is 201 g/mol. The minimum Gasteiger partial charge on any atom is -0.192 e. The number of thiazole rings is 1. The van der Waals surface area contributed by atoms with Gasteiger partial charge < -0.3 is 0 Å². The van der Waals surface area contributed by atoms with Gasteiger partial charge in [0.05, 0.1) is 17.0 Å². The van der Waals surface area contributed by atoms with Crippen molar-refractivity contribution in [3.05, 3.63) is 52.5 Å². The molecule has 0 saturated carbocycles. The summed E-state index contributed by atoms with van der Waals surface area (Å²) in [7, 11) is 0. The van der Waals surface area contributed by atoms with E-state index in [-0.39, 0.29) is 0 Å². The molecule has 0 radical (unpaired) electrons. The number of nitrogens with zero attached hydrogens (tertiary/aromatic N) is 2. The second-order valence-electron chi connectivity index (χ2n) is 3.01. The van der Waals surface area contributed by atoms with Gasteiger partial charge in [0.15, 0.2) is 12.7 Å². The second kappa shape index (κ2) is 4.03. The maximum atomic E-state index is 8.63. The smallest absolute Gasteiger partial charge is 0.192 e. The molecule has 0 spiro atoms. The molecule has 0 saturated heterocycles. The molecule has 1 heterocycles. The molecular formula is C11H9N2S+. The average molecular weight is 201 g/mol. The average Bonchev–Trinajstić information content (AvgIpc) is 2.72. The number of rotatable bonds is 2. The van der Waals surface area contributed by atoms with Crippen LogP contribution >= 0.6 is 11.3 Å². The predicted molar refractivity (Wildman–Crippen MR) is 54.8 cm³/mol. The molecule has 0 aliphatic rings. The highest BCUT2D eigenvalue weighted by molar-refractivity contribution is 7.07. The van der Waals surface area contributed by atoms with E-state index in [0.717, 1.165) is 6.54 Å². The van der Waals surface area contributed by atoms with E-state index in [1.165, 1.54) is 5.56 Å². The molecule has 0 amide bonds. The van der Waals surface area contributed by atoms with Crippen LogP contribution in [0.15, 0.2) is 41.4 Å². The van der Waals surface area contributed by atoms with Crippen molar-refractivity contribution in [2.24, 2.45) is 0 Å². The van der Waals surface area contributed by atoms with E-state index < -0.39 is 0 Å². The maximum absolute atomic E-state index is 8.63. The first-order valence-electron chi connectivity index (χ1n) is 4.29. The molecule has 0 N–H and O–H groups in total. The summed E-state index contributed by atoms with van der Waals surface area (Å²) in [6.07, 6.45) is 2.04. The molecule has 2 nitrogen and oxygen atoms in total. The zero-order valence-electron chi connectivity index (χ0n) is 7.55. The summed E-state index contributed by atoms with van der Waals surface area (Å²) in [6.45, 7) is 0.870. The van der Waals surface area contributed by atoms with Gasteiger partial charge in [0.25, 0.3) is 0 Å². The summed E-state index contributed by atoms with van der Waals surface area (Å²) in [5.74, 6) is 0. The Bertz CT molecular complexity index is 437. The lowest BCUT2D eigenvalue weighted by molar-refractivity contribution is -0.683. The summed E-state index contributed by atoms with van der Waals surface area (Å²) in [5, 5.41) is 10.7. The van der Waals surface area contributed by atoms with E-state index in [4.69, 9.17) is 5.26 Å². The van der Waals surface area contributed by atoms with E-state index in [9.17, 15) is 0 Å². The highest BCUT2D eigenvalue weighted by Crippen LogP contribution is 2.03. The molecule has 14 heavy (non-hydrogen) atoms. The minimum absolute atomic E-state index is 0.712. The van der Waals surface area contributed by atoms with Crippen LogP contribution in [-0.2, 0) is 6.54 Å². The van der Waals surface area contributed by atoms with Crippen molar-refractivity contribution >= 4 is 11.3 Å². The topological polar surface area (TPSA) is 27.7 Å². The standard InChI is InChI=1S/C11H9N2S/c12-7-10-1-3-11(4-2-10)8-13-5-6-14-9-13/h1-6,9H,8H2/q+1. The van der Waals surface area contributed by atoms with Crippen molar-refractivity contribution in [2.45, 2.75) is 6.54 Å². The Morgan fingerprint density at radius 1 is 1.29 bits per heavy atom. The summed E-state index contributed by atoms with van der Waals surface area (Å²) >= 11 is 1.68. The van der Waals surface area contributed by atoms with Crippen LogP contribution in [-0.4, -0.2) is 0 Å². The fourth-order valence-electron chi connectivity index (χ4n) is 1.25. The van der Waals surface area contributed by atoms with Gasteiger partial charge in [-0.15, -0.1) is 0 Å². The molecule has 1 aromatic heterocycles. The zero-order valence-corrected chi connectivity index (χ0v) is 8.37. The quantitative estimate of drug-likeness (QED) is 0.682. The van der Waals surface area contributed by atoms with Crippen molar-refractivity contribution < 1.29 is 4.57 Å². The first-order valence-corrected chi connectivity index (χ1v) is 5.23. The van der Waals surface area contributed by atoms with Gasteiger partial charge in [-0.3, -0.25) is 0 Å². The SMILES string of the molecule is N#Cc1ccc(C[n+]2ccsc2)cc1. The van der Waals surface area contributed by atoms with Gasteiger partial charge in [-0.2, -0.15) is 9.83 Å². The normalized spacial score (nSPS) is 9.64. The van der Waals surface area contributed by atoms with Crippen molar-refractivity contribution in [1.29, 1.82) is 5.26 Å². The summed E-state index contributed by atoms with van der Waals surface area (Å²) in [4.78, 5) is 0. The molecule has 68 valence electrons. The molecule has 0 aliphatic heterocycles. The van der Waals surface area contributed by atoms with E-state index >= 15 is 0 Å². The highest BCUT2D eigenvalue weighted by Gasteiger charge is 2.01. The van der Waals surface area contributed by atoms with Crippen LogP contribution in [0.2, 0.25) is 0 Å². The van der Waals surface area contributed by atoms with Gasteiger partial charge in [0.2, 0.25) is 5.51 Å². The molecule has 2 rings (SSSR count). The van der Waals surface area contributed by atoms with Gasteiger partial charge >= 0.3 is 0 Å². The molecule has 0 aliphatic carbocycles. The van der Waals surface area contributed by atoms with Crippen LogP contribution in [0.25, 0.3) is 0 Å². The van der Waals surface area contributed by atoms with Crippen molar-refractivity contribution in [3.8, 4) is 6.07 Å². The molecule has 1 aromatic carbocycles. The zero-order chi connectivity index (χ0) is 9.80. The summed E-state index contributed by atoms with van der Waals surface area (Å²) in [6, 6.07) is 9.79. The van der Waals surface area contributed by atoms with E-state index in [1.807, 2.05) is 35.8 Å². The Balaban J connectivity index is 2.15. The summed E-state index contributed by atoms with van der Waals surface area (Å²) < 4.78 is 2.12. The Hall–Kier alpha value is -1.66. The second-order valence-corrected chi connectivity index (χ2v) is 3.76. The maximum Gasteiger partial charge on any atom is 0.224 e. The molecule has 0 unspecified atom stereocenters. The Kier molecular flexibility index (Phi) is 2.57. The highest BCUT2D eigenvalue weighted by atomic mass is 32.1. The first kappa shape index (κ1) is 8.92. The molecule has 3 heteroatoms. The van der Waals surface area contributed by atoms with Crippen LogP contribution in [0, 0.1) is 11.3 Å². The van der Waals surface area contributed by atoms with Gasteiger partial charge in [0.1, 0.15) is 0 Å². The predicted octanol–water partition coefficient (Wildman–Crippen LogP) is 1.96.